The lowest BCUT2D eigenvalue weighted by Gasteiger charge is -2.25. The van der Waals surface area contributed by atoms with E-state index in [0.717, 1.165) is 59.0 Å². The Hall–Kier alpha value is -4.18. The molecule has 0 aliphatic carbocycles. The number of fused-ring (bicyclic) bond motifs is 3. The number of aliphatic carboxylic acids is 1. The number of rotatable bonds is 14. The number of benzene rings is 2. The number of carboxylic acids is 1. The van der Waals surface area contributed by atoms with Crippen molar-refractivity contribution < 1.29 is 19.4 Å². The number of hydrogen-bond acceptors (Lipinski definition) is 7. The number of pyridine rings is 1. The molecule has 0 fully saturated rings. The van der Waals surface area contributed by atoms with Crippen molar-refractivity contribution >= 4 is 39.6 Å². The second kappa shape index (κ2) is 13.3. The number of para-hydroxylation sites is 1. The smallest absolute Gasteiger partial charge is 0.341 e. The average Bonchev–Trinajstić information content (AvgIpc) is 3.29. The van der Waals surface area contributed by atoms with E-state index in [4.69, 9.17) is 20.6 Å². The summed E-state index contributed by atoms with van der Waals surface area (Å²) in [7, 11) is 3.75. The second-order valence-electron chi connectivity index (χ2n) is 10.2. The van der Waals surface area contributed by atoms with Gasteiger partial charge in [-0.15, -0.1) is 0 Å². The maximum absolute atomic E-state index is 13.2. The summed E-state index contributed by atoms with van der Waals surface area (Å²) in [4.78, 5) is 37.3. The van der Waals surface area contributed by atoms with Gasteiger partial charge in [0, 0.05) is 31.4 Å². The van der Waals surface area contributed by atoms with Crippen LogP contribution in [0.2, 0.25) is 0 Å². The number of carboxylic acid groups (broad SMARTS) is 1. The summed E-state index contributed by atoms with van der Waals surface area (Å²) < 4.78 is 7.59. The highest BCUT2D eigenvalue weighted by molar-refractivity contribution is 6.06. The molecule has 40 heavy (non-hydrogen) atoms. The van der Waals surface area contributed by atoms with E-state index in [9.17, 15) is 9.59 Å². The molecule has 2 aromatic carbocycles. The van der Waals surface area contributed by atoms with Gasteiger partial charge in [0.1, 0.15) is 17.1 Å². The van der Waals surface area contributed by atoms with Gasteiger partial charge in [0.05, 0.1) is 17.6 Å². The van der Waals surface area contributed by atoms with E-state index < -0.39 is 12.6 Å². The van der Waals surface area contributed by atoms with Gasteiger partial charge in [-0.05, 0) is 50.7 Å². The Bertz CT molecular complexity index is 1480. The zero-order valence-corrected chi connectivity index (χ0v) is 23.5. The maximum atomic E-state index is 13.2. The van der Waals surface area contributed by atoms with Crippen LogP contribution >= 0.6 is 0 Å². The number of carbonyl (C=O) groups is 2. The molecule has 0 saturated carbocycles. The van der Waals surface area contributed by atoms with Crippen LogP contribution in [0.25, 0.3) is 21.9 Å². The number of nitrogens with zero attached hydrogens (tertiary/aromatic N) is 5. The standard InChI is InChI=1S/C30H38N6O4/c1-4-5-14-25-33-28-29(23-12-6-7-13-24(23)32-30(28)31)36(25)16-9-15-35(26(37)19-34(2)3)18-21-10-8-11-22(17-21)40-20-27(38)39/h6-8,10-13,17H,4-5,9,14-16,18-20H2,1-3H3,(H2,31,32)(H,38,39). The largest absolute Gasteiger partial charge is 0.482 e. The normalized spacial score (nSPS) is 11.4. The minimum Gasteiger partial charge on any atom is -0.482 e. The molecule has 0 atom stereocenters. The van der Waals surface area contributed by atoms with Gasteiger partial charge in [-0.3, -0.25) is 4.79 Å². The molecule has 0 spiro atoms. The summed E-state index contributed by atoms with van der Waals surface area (Å²) in [5, 5.41) is 9.94. The van der Waals surface area contributed by atoms with Crippen LogP contribution in [0.4, 0.5) is 5.82 Å². The quantitative estimate of drug-likeness (QED) is 0.243. The lowest BCUT2D eigenvalue weighted by atomic mass is 10.1. The number of unbranched alkanes of at least 4 members (excludes halogenated alkanes) is 1. The third-order valence-corrected chi connectivity index (χ3v) is 6.69. The first-order valence-corrected chi connectivity index (χ1v) is 13.7. The molecular formula is C30H38N6O4. The molecule has 4 aromatic rings. The lowest BCUT2D eigenvalue weighted by Crippen LogP contribution is -2.38. The van der Waals surface area contributed by atoms with Crippen molar-refractivity contribution in [3.8, 4) is 5.75 Å². The number of hydrogen-bond donors (Lipinski definition) is 2. The van der Waals surface area contributed by atoms with Gasteiger partial charge < -0.3 is 29.9 Å². The minimum atomic E-state index is -1.04. The number of aromatic nitrogens is 3. The number of carbonyl (C=O) groups excluding carboxylic acids is 1. The zero-order chi connectivity index (χ0) is 28.6. The van der Waals surface area contributed by atoms with Gasteiger partial charge in [-0.2, -0.15) is 0 Å². The van der Waals surface area contributed by atoms with Crippen molar-refractivity contribution in [2.24, 2.45) is 0 Å². The summed E-state index contributed by atoms with van der Waals surface area (Å²) >= 11 is 0. The number of likely N-dealkylation sites (N-methyl/N-ethyl adjacent to an activating group) is 1. The summed E-state index contributed by atoms with van der Waals surface area (Å²) in [6, 6.07) is 15.2. The molecule has 1 amide bonds. The molecule has 2 aromatic heterocycles. The molecule has 0 bridgehead atoms. The molecule has 0 unspecified atom stereocenters. The van der Waals surface area contributed by atoms with Crippen LogP contribution in [0.1, 0.15) is 37.6 Å². The van der Waals surface area contributed by atoms with Gasteiger partial charge >= 0.3 is 5.97 Å². The first-order valence-electron chi connectivity index (χ1n) is 13.7. The third kappa shape index (κ3) is 7.06. The molecular weight excluding hydrogens is 508 g/mol. The monoisotopic (exact) mass is 546 g/mol. The molecule has 3 N–H and O–H groups in total. The van der Waals surface area contributed by atoms with E-state index in [1.54, 1.807) is 12.1 Å². The highest BCUT2D eigenvalue weighted by atomic mass is 16.5. The topological polar surface area (TPSA) is 127 Å². The van der Waals surface area contributed by atoms with E-state index in [0.29, 0.717) is 31.2 Å². The Morgan fingerprint density at radius 3 is 2.62 bits per heavy atom. The van der Waals surface area contributed by atoms with E-state index in [-0.39, 0.29) is 12.5 Å². The summed E-state index contributed by atoms with van der Waals surface area (Å²) in [6.07, 6.45) is 3.63. The fourth-order valence-corrected chi connectivity index (χ4v) is 4.85. The van der Waals surface area contributed by atoms with Gasteiger partial charge in [0.25, 0.3) is 0 Å². The molecule has 4 rings (SSSR count). The molecule has 0 aliphatic heterocycles. The molecule has 0 saturated heterocycles. The molecule has 212 valence electrons. The van der Waals surface area contributed by atoms with E-state index in [1.807, 2.05) is 54.2 Å². The number of nitrogen functional groups attached to an aromatic ring is 1. The average molecular weight is 547 g/mol. The fraction of sp³-hybridized carbons (Fsp3) is 0.400. The highest BCUT2D eigenvalue weighted by Crippen LogP contribution is 2.29. The fourth-order valence-electron chi connectivity index (χ4n) is 4.85. The first-order chi connectivity index (χ1) is 19.3. The minimum absolute atomic E-state index is 0.0162. The number of ether oxygens (including phenoxy) is 1. The first kappa shape index (κ1) is 28.8. The van der Waals surface area contributed by atoms with Crippen LogP contribution in [-0.2, 0) is 29.1 Å². The SMILES string of the molecule is CCCCc1nc2c(N)nc3ccccc3c2n1CCCN(Cc1cccc(OCC(=O)O)c1)C(=O)CN(C)C. The Balaban J connectivity index is 1.58. The number of imidazole rings is 1. The van der Waals surface area contributed by atoms with Gasteiger partial charge in [0.15, 0.2) is 12.4 Å². The Kier molecular flexibility index (Phi) is 9.55. The Morgan fingerprint density at radius 2 is 1.88 bits per heavy atom. The summed E-state index contributed by atoms with van der Waals surface area (Å²) in [6.45, 7) is 3.64. The van der Waals surface area contributed by atoms with Crippen LogP contribution in [-0.4, -0.2) is 75.1 Å². The van der Waals surface area contributed by atoms with Crippen molar-refractivity contribution in [3.63, 3.8) is 0 Å². The van der Waals surface area contributed by atoms with Crippen LogP contribution in [0.15, 0.2) is 48.5 Å². The van der Waals surface area contributed by atoms with Gasteiger partial charge in [0.2, 0.25) is 5.91 Å². The van der Waals surface area contributed by atoms with Crippen molar-refractivity contribution in [1.82, 2.24) is 24.3 Å². The van der Waals surface area contributed by atoms with E-state index >= 15 is 0 Å². The Labute approximate surface area is 234 Å². The van der Waals surface area contributed by atoms with Crippen molar-refractivity contribution in [1.29, 1.82) is 0 Å². The van der Waals surface area contributed by atoms with Gasteiger partial charge in [-0.1, -0.05) is 43.7 Å². The van der Waals surface area contributed by atoms with Crippen LogP contribution < -0.4 is 10.5 Å². The van der Waals surface area contributed by atoms with Gasteiger partial charge in [-0.25, -0.2) is 14.8 Å². The van der Waals surface area contributed by atoms with Crippen molar-refractivity contribution in [3.05, 3.63) is 59.9 Å². The van der Waals surface area contributed by atoms with Crippen LogP contribution in [0.3, 0.4) is 0 Å². The highest BCUT2D eigenvalue weighted by Gasteiger charge is 2.19. The summed E-state index contributed by atoms with van der Waals surface area (Å²) in [5.74, 6) is 0.851. The lowest BCUT2D eigenvalue weighted by molar-refractivity contribution is -0.139. The predicted molar refractivity (Wildman–Crippen MR) is 156 cm³/mol. The Morgan fingerprint density at radius 1 is 1.07 bits per heavy atom. The molecule has 0 radical (unpaired) electrons. The molecule has 10 nitrogen and oxygen atoms in total. The van der Waals surface area contributed by atoms with Crippen molar-refractivity contribution in [2.45, 2.75) is 45.7 Å². The number of nitrogens with two attached hydrogens (primary N) is 1. The number of anilines is 1. The molecule has 0 aliphatic rings. The predicted octanol–water partition coefficient (Wildman–Crippen LogP) is 3.95. The van der Waals surface area contributed by atoms with E-state index in [1.165, 1.54) is 0 Å². The zero-order valence-electron chi connectivity index (χ0n) is 23.5. The van der Waals surface area contributed by atoms with Crippen LogP contribution in [0.5, 0.6) is 5.75 Å². The number of aryl methyl sites for hydroxylation is 2. The van der Waals surface area contributed by atoms with Crippen LogP contribution in [0, 0.1) is 0 Å². The summed E-state index contributed by atoms with van der Waals surface area (Å²) in [5.41, 5.74) is 9.77. The van der Waals surface area contributed by atoms with Crippen molar-refractivity contribution in [2.75, 3.05) is 39.5 Å². The molecule has 2 heterocycles. The number of amides is 1. The maximum Gasteiger partial charge on any atom is 0.341 e. The van der Waals surface area contributed by atoms with E-state index in [2.05, 4.69) is 22.5 Å². The second-order valence-corrected chi connectivity index (χ2v) is 10.2. The third-order valence-electron chi connectivity index (χ3n) is 6.69. The molecule has 10 heteroatoms.